The lowest BCUT2D eigenvalue weighted by atomic mass is 9.86. The van der Waals surface area contributed by atoms with E-state index in [4.69, 9.17) is 0 Å². The van der Waals surface area contributed by atoms with Crippen LogP contribution < -0.4 is 0 Å². The third-order valence-electron chi connectivity index (χ3n) is 4.89. The maximum atomic E-state index is 4.65. The number of hydrogen-bond acceptors (Lipinski definition) is 1. The summed E-state index contributed by atoms with van der Waals surface area (Å²) in [7, 11) is 0. The van der Waals surface area contributed by atoms with E-state index in [9.17, 15) is 0 Å². The highest BCUT2D eigenvalue weighted by atomic mass is 14.7. The summed E-state index contributed by atoms with van der Waals surface area (Å²) in [6.45, 7) is 4.34. The largest absolute Gasteiger partial charge is 0.256 e. The van der Waals surface area contributed by atoms with Crippen molar-refractivity contribution in [1.29, 1.82) is 0 Å². The molecule has 4 rings (SSSR count). The fourth-order valence-electron chi connectivity index (χ4n) is 3.68. The van der Waals surface area contributed by atoms with Crippen molar-refractivity contribution >= 4 is 11.6 Å². The SMILES string of the molecule is Cc1cc(C)c(/C(=C/c2ccccc2)c2ccccc2)c(-c2ccccn2)c1. The molecule has 1 heteroatoms. The van der Waals surface area contributed by atoms with E-state index in [0.717, 1.165) is 5.69 Å². The summed E-state index contributed by atoms with van der Waals surface area (Å²) >= 11 is 0. The molecule has 0 unspecified atom stereocenters. The first-order valence-corrected chi connectivity index (χ1v) is 9.57. The molecule has 1 heterocycles. The average Bonchev–Trinajstić information content (AvgIpc) is 2.74. The van der Waals surface area contributed by atoms with Gasteiger partial charge in [0.05, 0.1) is 5.69 Å². The van der Waals surface area contributed by atoms with Gasteiger partial charge in [0.25, 0.3) is 0 Å². The van der Waals surface area contributed by atoms with Crippen LogP contribution >= 0.6 is 0 Å². The standard InChI is InChI=1S/C27H23N/c1-20-17-21(2)27(25(18-20)26-15-9-10-16-28-26)24(23-13-7-4-8-14-23)19-22-11-5-3-6-12-22/h3-19H,1-2H3/b24-19+. The van der Waals surface area contributed by atoms with Crippen molar-refractivity contribution in [2.24, 2.45) is 0 Å². The monoisotopic (exact) mass is 361 g/mol. The molecule has 0 saturated carbocycles. The van der Waals surface area contributed by atoms with Gasteiger partial charge in [-0.25, -0.2) is 0 Å². The Bertz CT molecular complexity index is 1100. The van der Waals surface area contributed by atoms with E-state index in [-0.39, 0.29) is 0 Å². The highest BCUT2D eigenvalue weighted by molar-refractivity contribution is 5.97. The fraction of sp³-hybridized carbons (Fsp3) is 0.0741. The van der Waals surface area contributed by atoms with Crippen molar-refractivity contribution in [2.75, 3.05) is 0 Å². The minimum absolute atomic E-state index is 0.999. The lowest BCUT2D eigenvalue weighted by Crippen LogP contribution is -1.98. The third kappa shape index (κ3) is 3.79. The van der Waals surface area contributed by atoms with Crippen LogP contribution in [-0.4, -0.2) is 4.98 Å². The Morgan fingerprint density at radius 3 is 2.11 bits per heavy atom. The zero-order valence-electron chi connectivity index (χ0n) is 16.3. The van der Waals surface area contributed by atoms with Crippen LogP contribution in [-0.2, 0) is 0 Å². The van der Waals surface area contributed by atoms with Crippen molar-refractivity contribution < 1.29 is 0 Å². The average molecular weight is 361 g/mol. The van der Waals surface area contributed by atoms with Gasteiger partial charge in [0, 0.05) is 11.8 Å². The van der Waals surface area contributed by atoms with Crippen LogP contribution in [0.4, 0.5) is 0 Å². The molecular formula is C27H23N. The Morgan fingerprint density at radius 2 is 1.43 bits per heavy atom. The number of pyridine rings is 1. The molecule has 136 valence electrons. The quantitative estimate of drug-likeness (QED) is 0.358. The van der Waals surface area contributed by atoms with Gasteiger partial charge in [-0.15, -0.1) is 0 Å². The molecule has 0 amide bonds. The van der Waals surface area contributed by atoms with Crippen LogP contribution in [0.5, 0.6) is 0 Å². The highest BCUT2D eigenvalue weighted by Crippen LogP contribution is 2.36. The molecule has 4 aromatic rings. The first-order chi connectivity index (χ1) is 13.7. The summed E-state index contributed by atoms with van der Waals surface area (Å²) in [6.07, 6.45) is 4.14. The minimum Gasteiger partial charge on any atom is -0.256 e. The number of aryl methyl sites for hydroxylation is 2. The predicted molar refractivity (Wildman–Crippen MR) is 119 cm³/mol. The molecule has 28 heavy (non-hydrogen) atoms. The van der Waals surface area contributed by atoms with Crippen molar-refractivity contribution in [3.63, 3.8) is 0 Å². The van der Waals surface area contributed by atoms with E-state index in [0.29, 0.717) is 0 Å². The second kappa shape index (κ2) is 8.06. The lowest BCUT2D eigenvalue weighted by molar-refractivity contribution is 1.29. The molecule has 0 atom stereocenters. The van der Waals surface area contributed by atoms with Crippen molar-refractivity contribution in [2.45, 2.75) is 13.8 Å². The number of aromatic nitrogens is 1. The summed E-state index contributed by atoms with van der Waals surface area (Å²) in [6, 6.07) is 31.7. The first-order valence-electron chi connectivity index (χ1n) is 9.57. The summed E-state index contributed by atoms with van der Waals surface area (Å²) in [5, 5.41) is 0. The molecule has 0 aliphatic rings. The molecule has 0 aliphatic carbocycles. The number of benzene rings is 3. The Kier molecular flexibility index (Phi) is 5.16. The molecule has 1 aromatic heterocycles. The topological polar surface area (TPSA) is 12.9 Å². The summed E-state index contributed by atoms with van der Waals surface area (Å²) in [4.78, 5) is 4.65. The zero-order chi connectivity index (χ0) is 19.3. The smallest absolute Gasteiger partial charge is 0.0708 e. The summed E-state index contributed by atoms with van der Waals surface area (Å²) in [5.41, 5.74) is 9.51. The minimum atomic E-state index is 0.999. The van der Waals surface area contributed by atoms with E-state index in [1.54, 1.807) is 0 Å². The van der Waals surface area contributed by atoms with E-state index < -0.39 is 0 Å². The van der Waals surface area contributed by atoms with Crippen molar-refractivity contribution in [3.05, 3.63) is 125 Å². The molecule has 0 radical (unpaired) electrons. The van der Waals surface area contributed by atoms with Gasteiger partial charge < -0.3 is 0 Å². The number of nitrogens with zero attached hydrogens (tertiary/aromatic N) is 1. The van der Waals surface area contributed by atoms with Crippen LogP contribution in [0, 0.1) is 13.8 Å². The molecule has 0 aliphatic heterocycles. The Morgan fingerprint density at radius 1 is 0.750 bits per heavy atom. The van der Waals surface area contributed by atoms with E-state index in [2.05, 4.69) is 104 Å². The molecule has 0 spiro atoms. The fourth-order valence-corrected chi connectivity index (χ4v) is 3.68. The van der Waals surface area contributed by atoms with Gasteiger partial charge >= 0.3 is 0 Å². The first kappa shape index (κ1) is 17.9. The number of hydrogen-bond donors (Lipinski definition) is 0. The van der Waals surface area contributed by atoms with Crippen LogP contribution in [0.25, 0.3) is 22.9 Å². The molecule has 0 N–H and O–H groups in total. The summed E-state index contributed by atoms with van der Waals surface area (Å²) in [5.74, 6) is 0. The van der Waals surface area contributed by atoms with E-state index in [1.807, 2.05) is 18.3 Å². The van der Waals surface area contributed by atoms with Crippen LogP contribution in [0.2, 0.25) is 0 Å². The Hall–Kier alpha value is -3.45. The van der Waals surface area contributed by atoms with Crippen LogP contribution in [0.1, 0.15) is 27.8 Å². The molecule has 0 saturated heterocycles. The van der Waals surface area contributed by atoms with Crippen LogP contribution in [0.15, 0.2) is 97.2 Å². The van der Waals surface area contributed by atoms with Gasteiger partial charge in [-0.2, -0.15) is 0 Å². The van der Waals surface area contributed by atoms with Gasteiger partial charge in [-0.1, -0.05) is 78.4 Å². The number of rotatable bonds is 4. The van der Waals surface area contributed by atoms with Gasteiger partial charge in [-0.05, 0) is 65.9 Å². The molecule has 1 nitrogen and oxygen atoms in total. The van der Waals surface area contributed by atoms with E-state index >= 15 is 0 Å². The Labute approximate surface area is 167 Å². The Balaban J connectivity index is 2.01. The third-order valence-corrected chi connectivity index (χ3v) is 4.89. The highest BCUT2D eigenvalue weighted by Gasteiger charge is 2.16. The zero-order valence-corrected chi connectivity index (χ0v) is 16.3. The van der Waals surface area contributed by atoms with Crippen molar-refractivity contribution in [1.82, 2.24) is 4.98 Å². The molecule has 3 aromatic carbocycles. The summed E-state index contributed by atoms with van der Waals surface area (Å²) < 4.78 is 0. The van der Waals surface area contributed by atoms with E-state index in [1.165, 1.54) is 39.0 Å². The van der Waals surface area contributed by atoms with Crippen LogP contribution in [0.3, 0.4) is 0 Å². The van der Waals surface area contributed by atoms with Gasteiger partial charge in [0.1, 0.15) is 0 Å². The second-order valence-electron chi connectivity index (χ2n) is 7.05. The van der Waals surface area contributed by atoms with Crippen molar-refractivity contribution in [3.8, 4) is 11.3 Å². The lowest BCUT2D eigenvalue weighted by Gasteiger charge is -2.18. The molecule has 0 bridgehead atoms. The maximum absolute atomic E-state index is 4.65. The predicted octanol–water partition coefficient (Wildman–Crippen LogP) is 6.95. The molecular weight excluding hydrogens is 338 g/mol. The molecule has 0 fully saturated rings. The van der Waals surface area contributed by atoms with Gasteiger partial charge in [0.15, 0.2) is 0 Å². The van der Waals surface area contributed by atoms with Gasteiger partial charge in [-0.3, -0.25) is 4.98 Å². The normalized spacial score (nSPS) is 11.4. The van der Waals surface area contributed by atoms with Gasteiger partial charge in [0.2, 0.25) is 0 Å². The maximum Gasteiger partial charge on any atom is 0.0708 e. The second-order valence-corrected chi connectivity index (χ2v) is 7.05.